The lowest BCUT2D eigenvalue weighted by atomic mass is 9.72. The maximum absolute atomic E-state index is 14.2. The van der Waals surface area contributed by atoms with Crippen molar-refractivity contribution in [2.45, 2.75) is 76.0 Å². The lowest BCUT2D eigenvalue weighted by Gasteiger charge is -2.43. The van der Waals surface area contributed by atoms with E-state index in [4.69, 9.17) is 24.7 Å². The summed E-state index contributed by atoms with van der Waals surface area (Å²) in [6.07, 6.45) is -4.86. The minimum atomic E-state index is -2.07. The van der Waals surface area contributed by atoms with Crippen molar-refractivity contribution in [1.29, 1.82) is 0 Å². The van der Waals surface area contributed by atoms with E-state index >= 15 is 0 Å². The number of ether oxygens (including phenoxy) is 4. The van der Waals surface area contributed by atoms with E-state index in [-0.39, 0.29) is 46.4 Å². The molecule has 0 radical (unpaired) electrons. The van der Waals surface area contributed by atoms with Crippen LogP contribution in [0.1, 0.15) is 81.3 Å². The number of phenols is 2. The highest BCUT2D eigenvalue weighted by molar-refractivity contribution is 6.31. The van der Waals surface area contributed by atoms with Gasteiger partial charge in [-0.2, -0.15) is 0 Å². The lowest BCUT2D eigenvalue weighted by Crippen LogP contribution is -2.53. The van der Waals surface area contributed by atoms with Crippen LogP contribution in [0.3, 0.4) is 0 Å². The largest absolute Gasteiger partial charge is 0.507 e. The first kappa shape index (κ1) is 32.7. The molecule has 5 N–H and O–H groups in total. The van der Waals surface area contributed by atoms with Gasteiger partial charge in [0.05, 0.1) is 48.7 Å². The zero-order valence-corrected chi connectivity index (χ0v) is 25.7. The Labute approximate surface area is 267 Å². The monoisotopic (exact) mass is 653 g/mol. The van der Waals surface area contributed by atoms with E-state index in [0.29, 0.717) is 0 Å². The lowest BCUT2D eigenvalue weighted by molar-refractivity contribution is -0.254. The van der Waals surface area contributed by atoms with E-state index < -0.39 is 101 Å². The fourth-order valence-corrected chi connectivity index (χ4v) is 6.76. The van der Waals surface area contributed by atoms with Crippen molar-refractivity contribution in [3.8, 4) is 17.2 Å². The SMILES string of the molecule is COc1cccc2c1C(=O)c1c(O)c3c(c(O)c1C2=O)CC(O)(C(C)=O)C[C@H]3OC1CC(N)C(OCc2c(F)cccc2F)C(C)O1. The number of carbonyl (C=O) groups excluding carboxylic acids is 3. The first-order valence-electron chi connectivity index (χ1n) is 15.0. The Kier molecular flexibility index (Phi) is 8.39. The molecule has 0 saturated carbocycles. The molecular weight excluding hydrogens is 620 g/mol. The zero-order chi connectivity index (χ0) is 33.9. The van der Waals surface area contributed by atoms with Crippen LogP contribution in [0, 0.1) is 11.6 Å². The van der Waals surface area contributed by atoms with E-state index in [2.05, 4.69) is 0 Å². The van der Waals surface area contributed by atoms with Crippen LogP contribution >= 0.6 is 0 Å². The third kappa shape index (κ3) is 5.37. The predicted octanol–water partition coefficient (Wildman–Crippen LogP) is 3.53. The molecule has 2 aliphatic carbocycles. The van der Waals surface area contributed by atoms with Gasteiger partial charge in [0.25, 0.3) is 0 Å². The van der Waals surface area contributed by atoms with Gasteiger partial charge in [0.15, 0.2) is 17.9 Å². The molecule has 0 bridgehead atoms. The van der Waals surface area contributed by atoms with Gasteiger partial charge >= 0.3 is 0 Å². The molecule has 3 aromatic rings. The van der Waals surface area contributed by atoms with E-state index in [1.807, 2.05) is 0 Å². The first-order chi connectivity index (χ1) is 22.3. The maximum Gasteiger partial charge on any atom is 0.202 e. The van der Waals surface area contributed by atoms with Crippen molar-refractivity contribution in [3.05, 3.63) is 87.0 Å². The number of halogens is 2. The highest BCUT2D eigenvalue weighted by Crippen LogP contribution is 2.52. The van der Waals surface area contributed by atoms with Gasteiger partial charge in [-0.25, -0.2) is 8.78 Å². The number of aliphatic hydroxyl groups is 1. The van der Waals surface area contributed by atoms with Gasteiger partial charge in [-0.1, -0.05) is 18.2 Å². The summed E-state index contributed by atoms with van der Waals surface area (Å²) in [5, 5.41) is 34.5. The molecule has 0 amide bonds. The number of hydrogen-bond acceptors (Lipinski definition) is 11. The summed E-state index contributed by atoms with van der Waals surface area (Å²) in [4.78, 5) is 40.1. The number of phenolic OH excluding ortho intramolecular Hbond substituents is 2. The number of fused-ring (bicyclic) bond motifs is 3. The topological polar surface area (TPSA) is 175 Å². The minimum absolute atomic E-state index is 0.0151. The average Bonchev–Trinajstić information content (AvgIpc) is 3.01. The second-order valence-corrected chi connectivity index (χ2v) is 12.1. The number of rotatable bonds is 7. The molecule has 1 heterocycles. The van der Waals surface area contributed by atoms with Crippen molar-refractivity contribution >= 4 is 17.3 Å². The van der Waals surface area contributed by atoms with E-state index in [0.717, 1.165) is 19.1 Å². The molecule has 1 aliphatic heterocycles. The number of methoxy groups -OCH3 is 1. The molecule has 47 heavy (non-hydrogen) atoms. The van der Waals surface area contributed by atoms with E-state index in [1.165, 1.54) is 31.4 Å². The standard InChI is InChI=1S/C34H33F2NO10/c1-14-33(45-13-18-19(35)7-5-8-20(18)36)21(37)10-24(46-14)47-23-12-34(43,15(2)38)11-17-26(23)32(42)28-27(30(17)40)29(39)16-6-4-9-22(44-3)25(16)31(28)41/h4-9,14,21,23-24,33,40,42-43H,10-13,37H2,1-3H3/t14?,21?,23-,24?,33?,34?/m1/s1. The molecule has 0 aromatic heterocycles. The Morgan fingerprint density at radius 3 is 2.34 bits per heavy atom. The van der Waals surface area contributed by atoms with Gasteiger partial charge in [0.2, 0.25) is 5.78 Å². The number of carbonyl (C=O) groups is 3. The Hall–Kier alpha value is -4.27. The molecule has 3 aromatic carbocycles. The molecule has 11 nitrogen and oxygen atoms in total. The molecule has 5 unspecified atom stereocenters. The number of hydrogen-bond donors (Lipinski definition) is 4. The van der Waals surface area contributed by atoms with Crippen molar-refractivity contribution in [1.82, 2.24) is 0 Å². The van der Waals surface area contributed by atoms with Crippen LogP contribution in [0.25, 0.3) is 0 Å². The van der Waals surface area contributed by atoms with Crippen molar-refractivity contribution in [2.24, 2.45) is 5.73 Å². The van der Waals surface area contributed by atoms with Crippen molar-refractivity contribution < 1.29 is 57.4 Å². The fourth-order valence-electron chi connectivity index (χ4n) is 6.76. The highest BCUT2D eigenvalue weighted by atomic mass is 19.1. The highest BCUT2D eigenvalue weighted by Gasteiger charge is 2.49. The number of benzene rings is 3. The van der Waals surface area contributed by atoms with Gasteiger partial charge < -0.3 is 40.0 Å². The fraction of sp³-hybridized carbons (Fsp3) is 0.382. The van der Waals surface area contributed by atoms with Crippen molar-refractivity contribution in [2.75, 3.05) is 7.11 Å². The van der Waals surface area contributed by atoms with E-state index in [1.54, 1.807) is 6.92 Å². The van der Waals surface area contributed by atoms with Crippen LogP contribution < -0.4 is 10.5 Å². The predicted molar refractivity (Wildman–Crippen MR) is 159 cm³/mol. The summed E-state index contributed by atoms with van der Waals surface area (Å²) < 4.78 is 51.6. The Morgan fingerprint density at radius 1 is 1.04 bits per heavy atom. The number of nitrogens with two attached hydrogens (primary N) is 1. The third-order valence-corrected chi connectivity index (χ3v) is 9.24. The maximum atomic E-state index is 14.2. The molecule has 3 aliphatic rings. The smallest absolute Gasteiger partial charge is 0.202 e. The number of Topliss-reactive ketones (excluding diaryl/α,β-unsaturated/α-hetero) is 1. The molecule has 13 heteroatoms. The summed E-state index contributed by atoms with van der Waals surface area (Å²) in [6, 6.07) is 7.08. The Bertz CT molecular complexity index is 1780. The molecule has 6 atom stereocenters. The quantitative estimate of drug-likeness (QED) is 0.215. The molecule has 1 fully saturated rings. The van der Waals surface area contributed by atoms with Crippen LogP contribution in [0.4, 0.5) is 8.78 Å². The molecule has 1 saturated heterocycles. The average molecular weight is 654 g/mol. The summed E-state index contributed by atoms with van der Waals surface area (Å²) >= 11 is 0. The van der Waals surface area contributed by atoms with E-state index in [9.17, 15) is 38.5 Å². The van der Waals surface area contributed by atoms with Crippen LogP contribution in [0.5, 0.6) is 17.2 Å². The van der Waals surface area contributed by atoms with Gasteiger partial charge in [-0.05, 0) is 32.0 Å². The molecular formula is C34H33F2NO10. The third-order valence-electron chi connectivity index (χ3n) is 9.24. The zero-order valence-electron chi connectivity index (χ0n) is 25.7. The van der Waals surface area contributed by atoms with Crippen LogP contribution in [-0.2, 0) is 32.0 Å². The summed E-state index contributed by atoms with van der Waals surface area (Å²) in [7, 11) is 1.32. The van der Waals surface area contributed by atoms with Gasteiger partial charge in [-0.3, -0.25) is 14.4 Å². The Morgan fingerprint density at radius 2 is 1.70 bits per heavy atom. The van der Waals surface area contributed by atoms with Gasteiger partial charge in [0.1, 0.15) is 34.5 Å². The van der Waals surface area contributed by atoms with Crippen LogP contribution in [0.15, 0.2) is 36.4 Å². The molecule has 248 valence electrons. The summed E-state index contributed by atoms with van der Waals surface area (Å²) in [6.45, 7) is 2.37. The molecule has 0 spiro atoms. The minimum Gasteiger partial charge on any atom is -0.507 e. The number of aromatic hydroxyl groups is 2. The normalized spacial score (nSPS) is 26.7. The van der Waals surface area contributed by atoms with Crippen LogP contribution in [-0.4, -0.2) is 69.9 Å². The van der Waals surface area contributed by atoms with Crippen LogP contribution in [0.2, 0.25) is 0 Å². The van der Waals surface area contributed by atoms with Gasteiger partial charge in [-0.15, -0.1) is 0 Å². The summed E-state index contributed by atoms with van der Waals surface area (Å²) in [5.41, 5.74) is 2.76. The van der Waals surface area contributed by atoms with Gasteiger partial charge in [0, 0.05) is 47.6 Å². The second-order valence-electron chi connectivity index (χ2n) is 12.1. The Balaban J connectivity index is 1.33. The summed E-state index contributed by atoms with van der Waals surface area (Å²) in [5.74, 6) is -4.96. The molecule has 6 rings (SSSR count). The number of ketones is 3. The second kappa shape index (κ2) is 12.1. The first-order valence-corrected chi connectivity index (χ1v) is 15.0. The van der Waals surface area contributed by atoms with Crippen molar-refractivity contribution in [3.63, 3.8) is 0 Å².